The highest BCUT2D eigenvalue weighted by Crippen LogP contribution is 2.32. The van der Waals surface area contributed by atoms with Gasteiger partial charge in [0.2, 0.25) is 5.70 Å². The number of hydrogen-bond donors (Lipinski definition) is 0. The van der Waals surface area contributed by atoms with E-state index >= 15 is 0 Å². The zero-order valence-electron chi connectivity index (χ0n) is 11.5. The molecule has 0 saturated heterocycles. The van der Waals surface area contributed by atoms with Crippen molar-refractivity contribution in [3.05, 3.63) is 39.6 Å². The second-order valence-electron chi connectivity index (χ2n) is 4.12. The lowest BCUT2D eigenvalue weighted by molar-refractivity contribution is -0.422. The molecule has 1 aromatic rings. The lowest BCUT2D eigenvalue weighted by atomic mass is 10.1. The maximum atomic E-state index is 10.7. The minimum Gasteiger partial charge on any atom is -0.492 e. The van der Waals surface area contributed by atoms with E-state index in [1.807, 2.05) is 0 Å². The number of para-hydroxylation sites is 1. The number of nitrogens with zero attached hydrogens (tertiary/aromatic N) is 1. The molecule has 0 aromatic heterocycles. The molecule has 0 atom stereocenters. The third-order valence-electron chi connectivity index (χ3n) is 2.62. The van der Waals surface area contributed by atoms with E-state index in [-0.39, 0.29) is 5.70 Å². The van der Waals surface area contributed by atoms with Crippen molar-refractivity contribution >= 4 is 6.08 Å². The van der Waals surface area contributed by atoms with E-state index in [2.05, 4.69) is 6.92 Å². The number of rotatable bonds is 7. The Bertz CT molecular complexity index is 469. The van der Waals surface area contributed by atoms with Crippen LogP contribution in [-0.4, -0.2) is 18.6 Å². The van der Waals surface area contributed by atoms with Gasteiger partial charge in [-0.15, -0.1) is 0 Å². The summed E-state index contributed by atoms with van der Waals surface area (Å²) in [4.78, 5) is 10.2. The van der Waals surface area contributed by atoms with Crippen LogP contribution in [0.4, 0.5) is 0 Å². The second kappa shape index (κ2) is 7.41. The molecule has 1 aromatic carbocycles. The highest BCUT2D eigenvalue weighted by Gasteiger charge is 2.11. The minimum absolute atomic E-state index is 0.0593. The third kappa shape index (κ3) is 4.28. The topological polar surface area (TPSA) is 61.6 Å². The van der Waals surface area contributed by atoms with Gasteiger partial charge in [-0.3, -0.25) is 10.1 Å². The number of ether oxygens (including phenoxy) is 2. The number of methoxy groups -OCH3 is 1. The molecule has 0 spiro atoms. The Morgan fingerprint density at radius 3 is 2.79 bits per heavy atom. The maximum Gasteiger partial charge on any atom is 0.243 e. The van der Waals surface area contributed by atoms with E-state index in [4.69, 9.17) is 9.47 Å². The van der Waals surface area contributed by atoms with Crippen LogP contribution in [0.15, 0.2) is 23.9 Å². The molecule has 19 heavy (non-hydrogen) atoms. The fraction of sp³-hybridized carbons (Fsp3) is 0.429. The van der Waals surface area contributed by atoms with E-state index in [0.29, 0.717) is 23.7 Å². The van der Waals surface area contributed by atoms with Crippen molar-refractivity contribution in [2.45, 2.75) is 26.7 Å². The number of hydrogen-bond acceptors (Lipinski definition) is 4. The number of nitro groups is 1. The predicted octanol–water partition coefficient (Wildman–Crippen LogP) is 3.51. The van der Waals surface area contributed by atoms with E-state index in [9.17, 15) is 10.1 Å². The molecule has 5 nitrogen and oxygen atoms in total. The predicted molar refractivity (Wildman–Crippen MR) is 74.0 cm³/mol. The van der Waals surface area contributed by atoms with E-state index in [0.717, 1.165) is 12.8 Å². The average Bonchev–Trinajstić information content (AvgIpc) is 2.39. The summed E-state index contributed by atoms with van der Waals surface area (Å²) < 4.78 is 10.9. The zero-order chi connectivity index (χ0) is 14.3. The second-order valence-corrected chi connectivity index (χ2v) is 4.12. The Morgan fingerprint density at radius 2 is 2.21 bits per heavy atom. The summed E-state index contributed by atoms with van der Waals surface area (Å²) in [5.74, 6) is 1.14. The first kappa shape index (κ1) is 15.0. The van der Waals surface area contributed by atoms with Crippen molar-refractivity contribution in [2.75, 3.05) is 13.7 Å². The number of allylic oxidation sites excluding steroid dienone is 1. The van der Waals surface area contributed by atoms with Gasteiger partial charge >= 0.3 is 0 Å². The molecule has 104 valence electrons. The number of benzene rings is 1. The molecule has 0 heterocycles. The SMILES string of the molecule is CCCCOc1cccc(/C=C(\C)[N+](=O)[O-])c1OC. The summed E-state index contributed by atoms with van der Waals surface area (Å²) in [5.41, 5.74) is 0.703. The van der Waals surface area contributed by atoms with Crippen molar-refractivity contribution in [3.63, 3.8) is 0 Å². The van der Waals surface area contributed by atoms with E-state index < -0.39 is 4.92 Å². The minimum atomic E-state index is -0.427. The number of unbranched alkanes of at least 4 members (excludes halogenated alkanes) is 1. The molecular weight excluding hydrogens is 246 g/mol. The molecule has 0 amide bonds. The van der Waals surface area contributed by atoms with Gasteiger partial charge in [0.25, 0.3) is 0 Å². The standard InChI is InChI=1S/C14H19NO4/c1-4-5-9-19-13-8-6-7-12(14(13)18-3)10-11(2)15(16)17/h6-8,10H,4-5,9H2,1-3H3/b11-10+. The molecule has 0 aliphatic rings. The third-order valence-corrected chi connectivity index (χ3v) is 2.62. The van der Waals surface area contributed by atoms with Crippen LogP contribution in [0, 0.1) is 10.1 Å². The molecule has 0 unspecified atom stereocenters. The molecular formula is C14H19NO4. The molecule has 0 N–H and O–H groups in total. The van der Waals surface area contributed by atoms with E-state index in [1.54, 1.807) is 18.2 Å². The van der Waals surface area contributed by atoms with Crippen LogP contribution in [-0.2, 0) is 0 Å². The summed E-state index contributed by atoms with van der Waals surface area (Å²) in [6.07, 6.45) is 3.48. The van der Waals surface area contributed by atoms with Gasteiger partial charge < -0.3 is 9.47 Å². The van der Waals surface area contributed by atoms with Gasteiger partial charge in [-0.1, -0.05) is 25.5 Å². The van der Waals surface area contributed by atoms with Gasteiger partial charge in [0, 0.05) is 18.6 Å². The van der Waals surface area contributed by atoms with Crippen molar-refractivity contribution in [3.8, 4) is 11.5 Å². The summed E-state index contributed by atoms with van der Waals surface area (Å²) in [7, 11) is 1.53. The molecule has 0 aliphatic carbocycles. The quantitative estimate of drug-likeness (QED) is 0.430. The Kier molecular flexibility index (Phi) is 5.85. The van der Waals surface area contributed by atoms with Gasteiger partial charge in [0.15, 0.2) is 11.5 Å². The summed E-state index contributed by atoms with van der Waals surface area (Å²) >= 11 is 0. The van der Waals surface area contributed by atoms with Crippen LogP contribution in [0.2, 0.25) is 0 Å². The van der Waals surface area contributed by atoms with Gasteiger partial charge in [-0.2, -0.15) is 0 Å². The molecule has 1 rings (SSSR count). The molecule has 0 bridgehead atoms. The van der Waals surface area contributed by atoms with Crippen LogP contribution in [0.3, 0.4) is 0 Å². The first-order valence-corrected chi connectivity index (χ1v) is 6.22. The van der Waals surface area contributed by atoms with Gasteiger partial charge in [0.1, 0.15) is 0 Å². The smallest absolute Gasteiger partial charge is 0.243 e. The lowest BCUT2D eigenvalue weighted by Gasteiger charge is -2.12. The van der Waals surface area contributed by atoms with Gasteiger partial charge in [0.05, 0.1) is 18.6 Å². The van der Waals surface area contributed by atoms with Crippen LogP contribution < -0.4 is 9.47 Å². The molecule has 0 saturated carbocycles. The average molecular weight is 265 g/mol. The Labute approximate surface area is 113 Å². The Hall–Kier alpha value is -2.04. The van der Waals surface area contributed by atoms with Gasteiger partial charge in [-0.25, -0.2) is 0 Å². The lowest BCUT2D eigenvalue weighted by Crippen LogP contribution is -2.00. The first-order chi connectivity index (χ1) is 9.10. The summed E-state index contributed by atoms with van der Waals surface area (Å²) in [6.45, 7) is 4.14. The van der Waals surface area contributed by atoms with Crippen LogP contribution in [0.25, 0.3) is 6.08 Å². The van der Waals surface area contributed by atoms with Crippen molar-refractivity contribution in [1.82, 2.24) is 0 Å². The van der Waals surface area contributed by atoms with Crippen LogP contribution in [0.1, 0.15) is 32.3 Å². The Morgan fingerprint density at radius 1 is 1.47 bits per heavy atom. The highest BCUT2D eigenvalue weighted by atomic mass is 16.6. The molecule has 0 fully saturated rings. The van der Waals surface area contributed by atoms with E-state index in [1.165, 1.54) is 20.1 Å². The summed E-state index contributed by atoms with van der Waals surface area (Å²) in [5, 5.41) is 10.7. The normalized spacial score (nSPS) is 11.2. The Balaban J connectivity index is 3.02. The van der Waals surface area contributed by atoms with Crippen LogP contribution in [0.5, 0.6) is 11.5 Å². The maximum absolute atomic E-state index is 10.7. The van der Waals surface area contributed by atoms with Crippen molar-refractivity contribution < 1.29 is 14.4 Å². The molecule has 0 radical (unpaired) electrons. The fourth-order valence-electron chi connectivity index (χ4n) is 1.58. The van der Waals surface area contributed by atoms with Crippen molar-refractivity contribution in [2.24, 2.45) is 0 Å². The first-order valence-electron chi connectivity index (χ1n) is 6.22. The van der Waals surface area contributed by atoms with Gasteiger partial charge in [-0.05, 0) is 12.5 Å². The van der Waals surface area contributed by atoms with Crippen LogP contribution >= 0.6 is 0 Å². The highest BCUT2D eigenvalue weighted by molar-refractivity contribution is 5.63. The fourth-order valence-corrected chi connectivity index (χ4v) is 1.58. The van der Waals surface area contributed by atoms with Crippen molar-refractivity contribution in [1.29, 1.82) is 0 Å². The molecule has 5 heteroatoms. The largest absolute Gasteiger partial charge is 0.492 e. The zero-order valence-corrected chi connectivity index (χ0v) is 11.5. The molecule has 0 aliphatic heterocycles. The monoisotopic (exact) mass is 265 g/mol. The summed E-state index contributed by atoms with van der Waals surface area (Å²) in [6, 6.07) is 5.36.